The van der Waals surface area contributed by atoms with Crippen molar-refractivity contribution in [2.45, 2.75) is 13.3 Å². The van der Waals surface area contributed by atoms with Crippen LogP contribution in [-0.2, 0) is 6.42 Å². The fraction of sp³-hybridized carbons (Fsp3) is 0.308. The molecule has 4 nitrogen and oxygen atoms in total. The van der Waals surface area contributed by atoms with Gasteiger partial charge < -0.3 is 10.1 Å². The summed E-state index contributed by atoms with van der Waals surface area (Å²) in [4.78, 5) is 14.6. The van der Waals surface area contributed by atoms with Crippen molar-refractivity contribution in [3.05, 3.63) is 46.0 Å². The summed E-state index contributed by atoms with van der Waals surface area (Å²) in [5, 5.41) is 10.1. The lowest BCUT2D eigenvalue weighted by molar-refractivity contribution is 0.435. The van der Waals surface area contributed by atoms with Crippen LogP contribution in [0.1, 0.15) is 11.3 Å². The number of hydrogen-bond donors (Lipinski definition) is 2. The molecule has 2 rings (SSSR count). The minimum Gasteiger partial charge on any atom is -0.493 e. The number of aryl methyl sites for hydroxylation is 2. The maximum absolute atomic E-state index is 11.9. The van der Waals surface area contributed by atoms with Crippen molar-refractivity contribution in [3.8, 4) is 11.6 Å². The SMILES string of the molecule is CSCCc1[nH]c(=O)n(-c2cccc(C)c2)c1O. The van der Waals surface area contributed by atoms with E-state index in [1.807, 2.05) is 31.4 Å². The Hall–Kier alpha value is -1.62. The standard InChI is InChI=1S/C13H16N2O2S/c1-9-4-3-5-10(8-9)15-12(16)11(6-7-18-2)14-13(15)17/h3-5,8,16H,6-7H2,1-2H3,(H,14,17). The summed E-state index contributed by atoms with van der Waals surface area (Å²) in [6.07, 6.45) is 2.65. The van der Waals surface area contributed by atoms with Gasteiger partial charge in [0, 0.05) is 6.42 Å². The van der Waals surface area contributed by atoms with Crippen molar-refractivity contribution in [3.63, 3.8) is 0 Å². The maximum Gasteiger partial charge on any atom is 0.333 e. The van der Waals surface area contributed by atoms with E-state index in [1.54, 1.807) is 17.8 Å². The average molecular weight is 264 g/mol. The molecule has 0 saturated heterocycles. The van der Waals surface area contributed by atoms with Crippen LogP contribution >= 0.6 is 11.8 Å². The molecule has 0 radical (unpaired) electrons. The highest BCUT2D eigenvalue weighted by Gasteiger charge is 2.13. The van der Waals surface area contributed by atoms with E-state index in [0.717, 1.165) is 11.3 Å². The van der Waals surface area contributed by atoms with E-state index in [2.05, 4.69) is 4.98 Å². The van der Waals surface area contributed by atoms with Gasteiger partial charge in [0.15, 0.2) is 0 Å². The van der Waals surface area contributed by atoms with Gasteiger partial charge >= 0.3 is 5.69 Å². The molecular formula is C13H16N2O2S. The quantitative estimate of drug-likeness (QED) is 0.889. The summed E-state index contributed by atoms with van der Waals surface area (Å²) in [7, 11) is 0. The van der Waals surface area contributed by atoms with Gasteiger partial charge in [0.05, 0.1) is 11.4 Å². The van der Waals surface area contributed by atoms with Crippen molar-refractivity contribution in [1.29, 1.82) is 0 Å². The third-order valence-corrected chi connectivity index (χ3v) is 3.37. The first kappa shape index (κ1) is 12.8. The Morgan fingerprint density at radius 1 is 1.44 bits per heavy atom. The zero-order valence-electron chi connectivity index (χ0n) is 10.4. The first-order valence-electron chi connectivity index (χ1n) is 5.72. The average Bonchev–Trinajstić information content (AvgIpc) is 2.62. The van der Waals surface area contributed by atoms with Crippen molar-refractivity contribution in [2.24, 2.45) is 0 Å². The van der Waals surface area contributed by atoms with E-state index in [9.17, 15) is 9.90 Å². The van der Waals surface area contributed by atoms with Crippen molar-refractivity contribution in [1.82, 2.24) is 9.55 Å². The number of imidazole rings is 1. The van der Waals surface area contributed by atoms with Gasteiger partial charge in [-0.2, -0.15) is 11.8 Å². The second-order valence-corrected chi connectivity index (χ2v) is 5.14. The molecule has 0 aliphatic carbocycles. The molecular weight excluding hydrogens is 248 g/mol. The summed E-state index contributed by atoms with van der Waals surface area (Å²) in [5.41, 5.74) is 2.03. The highest BCUT2D eigenvalue weighted by atomic mass is 32.2. The molecule has 0 fully saturated rings. The summed E-state index contributed by atoms with van der Waals surface area (Å²) in [6, 6.07) is 7.49. The minimum absolute atomic E-state index is 0.0136. The second kappa shape index (κ2) is 5.35. The maximum atomic E-state index is 11.9. The predicted octanol–water partition coefficient (Wildman–Crippen LogP) is 2.09. The molecule has 96 valence electrons. The van der Waals surface area contributed by atoms with Gasteiger partial charge in [0.1, 0.15) is 0 Å². The van der Waals surface area contributed by atoms with E-state index in [1.165, 1.54) is 4.57 Å². The lowest BCUT2D eigenvalue weighted by atomic mass is 10.2. The van der Waals surface area contributed by atoms with Crippen molar-refractivity contribution in [2.75, 3.05) is 12.0 Å². The number of hydrogen-bond acceptors (Lipinski definition) is 3. The molecule has 2 N–H and O–H groups in total. The van der Waals surface area contributed by atoms with Gasteiger partial charge in [0.2, 0.25) is 5.88 Å². The lowest BCUT2D eigenvalue weighted by Crippen LogP contribution is -2.14. The number of benzene rings is 1. The molecule has 0 aliphatic heterocycles. The number of thioether (sulfide) groups is 1. The highest BCUT2D eigenvalue weighted by molar-refractivity contribution is 7.98. The third-order valence-electron chi connectivity index (χ3n) is 2.76. The Kier molecular flexibility index (Phi) is 3.81. The number of aromatic hydroxyl groups is 1. The zero-order valence-corrected chi connectivity index (χ0v) is 11.3. The smallest absolute Gasteiger partial charge is 0.333 e. The van der Waals surface area contributed by atoms with Gasteiger partial charge in [-0.05, 0) is 36.6 Å². The Bertz CT molecular complexity index is 601. The van der Waals surface area contributed by atoms with E-state index < -0.39 is 0 Å². The molecule has 0 amide bonds. The molecule has 18 heavy (non-hydrogen) atoms. The van der Waals surface area contributed by atoms with Crippen molar-refractivity contribution < 1.29 is 5.11 Å². The molecule has 1 heterocycles. The van der Waals surface area contributed by atoms with Gasteiger partial charge in [-0.15, -0.1) is 0 Å². The van der Waals surface area contributed by atoms with Crippen LogP contribution in [-0.4, -0.2) is 26.7 Å². The minimum atomic E-state index is -0.297. The van der Waals surface area contributed by atoms with Crippen LogP contribution in [0.5, 0.6) is 5.88 Å². The van der Waals surface area contributed by atoms with Gasteiger partial charge in [0.25, 0.3) is 0 Å². The first-order valence-corrected chi connectivity index (χ1v) is 7.11. The highest BCUT2D eigenvalue weighted by Crippen LogP contribution is 2.20. The number of aromatic nitrogens is 2. The number of H-pyrrole nitrogens is 1. The Morgan fingerprint density at radius 2 is 2.22 bits per heavy atom. The molecule has 5 heteroatoms. The predicted molar refractivity (Wildman–Crippen MR) is 74.9 cm³/mol. The van der Waals surface area contributed by atoms with Crippen LogP contribution in [0, 0.1) is 6.92 Å². The van der Waals surface area contributed by atoms with Crippen LogP contribution in [0.2, 0.25) is 0 Å². The van der Waals surface area contributed by atoms with Crippen LogP contribution in [0.15, 0.2) is 29.1 Å². The van der Waals surface area contributed by atoms with E-state index in [-0.39, 0.29) is 11.6 Å². The zero-order chi connectivity index (χ0) is 13.1. The van der Waals surface area contributed by atoms with Gasteiger partial charge in [-0.25, -0.2) is 9.36 Å². The summed E-state index contributed by atoms with van der Waals surface area (Å²) in [5.74, 6) is 0.876. The van der Waals surface area contributed by atoms with E-state index >= 15 is 0 Å². The summed E-state index contributed by atoms with van der Waals surface area (Å²) in [6.45, 7) is 1.95. The van der Waals surface area contributed by atoms with Crippen LogP contribution in [0.3, 0.4) is 0 Å². The molecule has 0 spiro atoms. The second-order valence-electron chi connectivity index (χ2n) is 4.15. The van der Waals surface area contributed by atoms with Crippen LogP contribution < -0.4 is 5.69 Å². The summed E-state index contributed by atoms with van der Waals surface area (Å²) >= 11 is 1.68. The van der Waals surface area contributed by atoms with Crippen LogP contribution in [0.4, 0.5) is 0 Å². The number of nitrogens with zero attached hydrogens (tertiary/aromatic N) is 1. The summed E-state index contributed by atoms with van der Waals surface area (Å²) < 4.78 is 1.31. The molecule has 0 atom stereocenters. The van der Waals surface area contributed by atoms with E-state index in [4.69, 9.17) is 0 Å². The molecule has 0 unspecified atom stereocenters. The Labute approximate surface area is 110 Å². The molecule has 1 aromatic carbocycles. The topological polar surface area (TPSA) is 58.0 Å². The first-order chi connectivity index (χ1) is 8.63. The fourth-order valence-corrected chi connectivity index (χ4v) is 2.27. The van der Waals surface area contributed by atoms with E-state index in [0.29, 0.717) is 17.8 Å². The normalized spacial score (nSPS) is 10.8. The Morgan fingerprint density at radius 3 is 2.89 bits per heavy atom. The van der Waals surface area contributed by atoms with Gasteiger partial charge in [-0.1, -0.05) is 12.1 Å². The molecule has 1 aromatic heterocycles. The number of nitrogens with one attached hydrogen (secondary N) is 1. The largest absolute Gasteiger partial charge is 0.493 e. The number of rotatable bonds is 4. The number of aromatic amines is 1. The molecule has 0 aliphatic rings. The third kappa shape index (κ3) is 2.46. The molecule has 2 aromatic rings. The lowest BCUT2D eigenvalue weighted by Gasteiger charge is -2.04. The van der Waals surface area contributed by atoms with Crippen molar-refractivity contribution >= 4 is 11.8 Å². The molecule has 0 saturated carbocycles. The Balaban J connectivity index is 2.45. The fourth-order valence-electron chi connectivity index (χ4n) is 1.86. The molecule has 0 bridgehead atoms. The monoisotopic (exact) mass is 264 g/mol. The van der Waals surface area contributed by atoms with Gasteiger partial charge in [-0.3, -0.25) is 0 Å². The van der Waals surface area contributed by atoms with Crippen LogP contribution in [0.25, 0.3) is 5.69 Å².